The molecule has 0 unspecified atom stereocenters. The normalized spacial score (nSPS) is 12.5. The van der Waals surface area contributed by atoms with Gasteiger partial charge in [0.15, 0.2) is 6.10 Å². The fraction of sp³-hybridized carbons (Fsp3) is 0.836. The first-order valence-electron chi connectivity index (χ1n) is 29.2. The first-order chi connectivity index (χ1) is 32.6. The van der Waals surface area contributed by atoms with E-state index < -0.39 is 6.10 Å². The second-order valence-electron chi connectivity index (χ2n) is 19.5. The van der Waals surface area contributed by atoms with E-state index in [4.69, 9.17) is 14.2 Å². The predicted molar refractivity (Wildman–Crippen MR) is 288 cm³/mol. The van der Waals surface area contributed by atoms with Crippen LogP contribution in [0.2, 0.25) is 0 Å². The number of esters is 2. The Morgan fingerprint density at radius 3 is 1.11 bits per heavy atom. The summed E-state index contributed by atoms with van der Waals surface area (Å²) in [6.07, 6.45) is 71.3. The van der Waals surface area contributed by atoms with Crippen molar-refractivity contribution in [1.29, 1.82) is 0 Å². The van der Waals surface area contributed by atoms with Gasteiger partial charge >= 0.3 is 11.9 Å². The average Bonchev–Trinajstić information content (AvgIpc) is 3.32. The smallest absolute Gasteiger partial charge is 0.306 e. The third-order valence-corrected chi connectivity index (χ3v) is 12.8. The van der Waals surface area contributed by atoms with Crippen molar-refractivity contribution >= 4 is 11.9 Å². The van der Waals surface area contributed by atoms with Crippen LogP contribution in [0.15, 0.2) is 48.6 Å². The molecule has 0 aliphatic heterocycles. The Labute approximate surface area is 412 Å². The molecule has 0 rings (SSSR count). The quantitative estimate of drug-likeness (QED) is 0.0345. The standard InChI is InChI=1S/C61H112O5/c1-4-7-10-13-16-19-22-25-28-30-31-32-34-37-40-43-46-49-52-55-61(63)66-59(57-64-56-53-50-47-44-41-38-35-29-26-23-20-17-14-11-8-5-2)58-65-60(62)54-51-48-45-42-39-36-33-27-24-21-18-15-12-9-6-3/h9,12,18,21,25,27-28,33,59H,4-8,10-11,13-17,19-20,22-24,26,29-32,34-58H2,1-3H3/b12-9-,21-18-,28-25-,33-27-/t59-/m1/s1. The van der Waals surface area contributed by atoms with Crippen LogP contribution in [0.1, 0.15) is 303 Å². The minimum atomic E-state index is -0.542. The first-order valence-corrected chi connectivity index (χ1v) is 29.2. The van der Waals surface area contributed by atoms with Crippen LogP contribution >= 0.6 is 0 Å². The van der Waals surface area contributed by atoms with E-state index in [1.807, 2.05) is 0 Å². The molecule has 5 heteroatoms. The molecule has 1 atom stereocenters. The highest BCUT2D eigenvalue weighted by Gasteiger charge is 2.17. The van der Waals surface area contributed by atoms with Crippen LogP contribution in [0.4, 0.5) is 0 Å². The van der Waals surface area contributed by atoms with Gasteiger partial charge in [-0.1, -0.05) is 262 Å². The lowest BCUT2D eigenvalue weighted by Crippen LogP contribution is -2.30. The lowest BCUT2D eigenvalue weighted by Gasteiger charge is -2.18. The number of hydrogen-bond donors (Lipinski definition) is 0. The van der Waals surface area contributed by atoms with E-state index in [0.29, 0.717) is 19.4 Å². The molecule has 386 valence electrons. The largest absolute Gasteiger partial charge is 0.462 e. The zero-order chi connectivity index (χ0) is 47.7. The molecule has 0 aromatic heterocycles. The van der Waals surface area contributed by atoms with Crippen molar-refractivity contribution in [2.45, 2.75) is 309 Å². The molecule has 5 nitrogen and oxygen atoms in total. The van der Waals surface area contributed by atoms with E-state index >= 15 is 0 Å². The van der Waals surface area contributed by atoms with Gasteiger partial charge in [0, 0.05) is 19.4 Å². The number of ether oxygens (including phenoxy) is 3. The van der Waals surface area contributed by atoms with Crippen molar-refractivity contribution in [3.63, 3.8) is 0 Å². The summed E-state index contributed by atoms with van der Waals surface area (Å²) in [5.74, 6) is -0.403. The van der Waals surface area contributed by atoms with E-state index in [-0.39, 0.29) is 25.2 Å². The first kappa shape index (κ1) is 63.9. The van der Waals surface area contributed by atoms with Crippen LogP contribution in [0.25, 0.3) is 0 Å². The number of carbonyl (C=O) groups is 2. The molecule has 66 heavy (non-hydrogen) atoms. The molecule has 0 aliphatic carbocycles. The summed E-state index contributed by atoms with van der Waals surface area (Å²) in [6.45, 7) is 7.75. The Hall–Kier alpha value is -2.14. The highest BCUT2D eigenvalue weighted by Crippen LogP contribution is 2.16. The third kappa shape index (κ3) is 54.5. The molecule has 0 radical (unpaired) electrons. The minimum Gasteiger partial charge on any atom is -0.462 e. The summed E-state index contributed by atoms with van der Waals surface area (Å²) in [5, 5.41) is 0. The van der Waals surface area contributed by atoms with Crippen molar-refractivity contribution < 1.29 is 23.8 Å². The van der Waals surface area contributed by atoms with Crippen molar-refractivity contribution in [3.8, 4) is 0 Å². The van der Waals surface area contributed by atoms with Gasteiger partial charge in [-0.15, -0.1) is 0 Å². The van der Waals surface area contributed by atoms with Gasteiger partial charge in [0.05, 0.1) is 6.61 Å². The molecular weight excluding hydrogens is 813 g/mol. The number of carbonyl (C=O) groups excluding carboxylic acids is 2. The maximum absolute atomic E-state index is 12.9. The minimum absolute atomic E-state index is 0.0793. The molecule has 0 saturated carbocycles. The van der Waals surface area contributed by atoms with E-state index in [9.17, 15) is 9.59 Å². The molecule has 0 fully saturated rings. The predicted octanol–water partition coefficient (Wildman–Crippen LogP) is 19.9. The molecule has 0 aromatic rings. The Morgan fingerprint density at radius 2 is 0.682 bits per heavy atom. The van der Waals surface area contributed by atoms with Crippen molar-refractivity contribution in [1.82, 2.24) is 0 Å². The van der Waals surface area contributed by atoms with Gasteiger partial charge in [-0.3, -0.25) is 9.59 Å². The molecule has 0 aliphatic rings. The fourth-order valence-electron chi connectivity index (χ4n) is 8.52. The van der Waals surface area contributed by atoms with Gasteiger partial charge in [-0.25, -0.2) is 0 Å². The molecule has 0 spiro atoms. The molecule has 0 bridgehead atoms. The fourth-order valence-corrected chi connectivity index (χ4v) is 8.52. The van der Waals surface area contributed by atoms with Gasteiger partial charge in [0.1, 0.15) is 6.61 Å². The maximum atomic E-state index is 12.9. The Morgan fingerprint density at radius 1 is 0.348 bits per heavy atom. The topological polar surface area (TPSA) is 61.8 Å². The number of unbranched alkanes of at least 4 members (excludes halogenated alkanes) is 35. The van der Waals surface area contributed by atoms with E-state index in [0.717, 1.165) is 64.2 Å². The summed E-state index contributed by atoms with van der Waals surface area (Å²) >= 11 is 0. The summed E-state index contributed by atoms with van der Waals surface area (Å²) < 4.78 is 17.5. The van der Waals surface area contributed by atoms with Crippen LogP contribution in [-0.4, -0.2) is 37.9 Å². The number of rotatable bonds is 54. The van der Waals surface area contributed by atoms with E-state index in [1.165, 1.54) is 205 Å². The van der Waals surface area contributed by atoms with E-state index in [1.54, 1.807) is 0 Å². The van der Waals surface area contributed by atoms with Crippen molar-refractivity contribution in [3.05, 3.63) is 48.6 Å². The molecule has 0 heterocycles. The zero-order valence-electron chi connectivity index (χ0n) is 44.5. The van der Waals surface area contributed by atoms with Crippen LogP contribution in [0.5, 0.6) is 0 Å². The molecule has 0 amide bonds. The van der Waals surface area contributed by atoms with Crippen LogP contribution in [0, 0.1) is 0 Å². The summed E-state index contributed by atoms with van der Waals surface area (Å²) in [4.78, 5) is 25.5. The molecular formula is C61H112O5. The molecule has 0 aromatic carbocycles. The van der Waals surface area contributed by atoms with Gasteiger partial charge in [0.2, 0.25) is 0 Å². The molecule has 0 N–H and O–H groups in total. The second-order valence-corrected chi connectivity index (χ2v) is 19.5. The second kappa shape index (κ2) is 57.2. The van der Waals surface area contributed by atoms with Gasteiger partial charge in [-0.2, -0.15) is 0 Å². The summed E-state index contributed by atoms with van der Waals surface area (Å²) in [5.41, 5.74) is 0. The Kier molecular flexibility index (Phi) is 55.3. The zero-order valence-corrected chi connectivity index (χ0v) is 44.5. The van der Waals surface area contributed by atoms with Gasteiger partial charge in [0.25, 0.3) is 0 Å². The van der Waals surface area contributed by atoms with Gasteiger partial charge in [-0.05, 0) is 77.0 Å². The van der Waals surface area contributed by atoms with Crippen molar-refractivity contribution in [2.75, 3.05) is 19.8 Å². The van der Waals surface area contributed by atoms with Crippen LogP contribution in [0.3, 0.4) is 0 Å². The highest BCUT2D eigenvalue weighted by atomic mass is 16.6. The third-order valence-electron chi connectivity index (χ3n) is 12.8. The van der Waals surface area contributed by atoms with Crippen LogP contribution < -0.4 is 0 Å². The highest BCUT2D eigenvalue weighted by molar-refractivity contribution is 5.70. The Balaban J connectivity index is 4.26. The van der Waals surface area contributed by atoms with E-state index in [2.05, 4.69) is 69.4 Å². The lowest BCUT2D eigenvalue weighted by molar-refractivity contribution is -0.163. The van der Waals surface area contributed by atoms with Crippen LogP contribution in [-0.2, 0) is 23.8 Å². The lowest BCUT2D eigenvalue weighted by atomic mass is 10.0. The molecule has 0 saturated heterocycles. The van der Waals surface area contributed by atoms with Gasteiger partial charge < -0.3 is 14.2 Å². The maximum Gasteiger partial charge on any atom is 0.306 e. The Bertz CT molecular complexity index is 1090. The monoisotopic (exact) mass is 925 g/mol. The summed E-state index contributed by atoms with van der Waals surface area (Å²) in [6, 6.07) is 0. The summed E-state index contributed by atoms with van der Waals surface area (Å²) in [7, 11) is 0. The average molecular weight is 926 g/mol. The number of allylic oxidation sites excluding steroid dienone is 8. The van der Waals surface area contributed by atoms with Crippen molar-refractivity contribution in [2.24, 2.45) is 0 Å². The number of hydrogen-bond acceptors (Lipinski definition) is 5. The SMILES string of the molecule is CC/C=C\C/C=C\C/C=C\CCCCCCCC(=O)OC[C@@H](COCCCCCCCCCCCCCCCCCC)OC(=O)CCCCCCCCCCC/C=C\CCCCCCCC.